The molecule has 0 aromatic carbocycles. The average molecular weight is 1090 g/mol. The molecule has 0 aliphatic rings. The lowest BCUT2D eigenvalue weighted by atomic mass is 9.86. The maximum Gasteiger partial charge on any atom is 0.460 e. The molecule has 0 heterocycles. The van der Waals surface area contributed by atoms with Crippen LogP contribution in [0.1, 0.15) is 40.5 Å². The van der Waals surface area contributed by atoms with Crippen molar-refractivity contribution in [3.05, 3.63) is 12.2 Å². The van der Waals surface area contributed by atoms with Crippen LogP contribution in [0, 0.1) is 11.8 Å². The first-order valence-electron chi connectivity index (χ1n) is 16.6. The number of hydrogen-bond acceptors (Lipinski definition) is 4. The van der Waals surface area contributed by atoms with Crippen molar-refractivity contribution in [3.8, 4) is 0 Å². The predicted molar refractivity (Wildman–Crippen MR) is 149 cm³/mol. The van der Waals surface area contributed by atoms with Gasteiger partial charge in [-0.1, -0.05) is 27.7 Å². The minimum Gasteiger partial charge on any atom is -0.459 e. The van der Waals surface area contributed by atoms with Crippen LogP contribution in [0.3, 0.4) is 0 Å². The van der Waals surface area contributed by atoms with Gasteiger partial charge in [0.05, 0.1) is 12.8 Å². The fraction of sp³-hybridized carbons (Fsp3) is 0.867. The fourth-order valence-electron chi connectivity index (χ4n) is 4.49. The van der Waals surface area contributed by atoms with Gasteiger partial charge in [0.1, 0.15) is 12.2 Å². The summed E-state index contributed by atoms with van der Waals surface area (Å²) in [6.45, 7) is 1.66. The Morgan fingerprint density at radius 2 is 0.471 bits per heavy atom. The zero-order chi connectivity index (χ0) is 55.7. The molecule has 68 heavy (non-hydrogen) atoms. The molecule has 0 saturated carbocycles. The minimum atomic E-state index is -9.01. The molecule has 0 spiro atoms. The highest BCUT2D eigenvalue weighted by molar-refractivity contribution is 5.91. The highest BCUT2D eigenvalue weighted by Crippen LogP contribution is 2.66. The van der Waals surface area contributed by atoms with Crippen molar-refractivity contribution >= 4 is 11.9 Å². The van der Waals surface area contributed by atoms with E-state index in [0.29, 0.717) is 27.7 Å². The van der Waals surface area contributed by atoms with E-state index in [9.17, 15) is 159 Å². The largest absolute Gasteiger partial charge is 0.460 e. The maximum absolute atomic E-state index is 14.5. The van der Waals surface area contributed by atoms with Crippen LogP contribution in [0.25, 0.3) is 0 Å². The van der Waals surface area contributed by atoms with Gasteiger partial charge < -0.3 is 9.47 Å². The maximum atomic E-state index is 14.5. The smallest absolute Gasteiger partial charge is 0.459 e. The zero-order valence-electron chi connectivity index (χ0n) is 32.4. The van der Waals surface area contributed by atoms with Gasteiger partial charge in [0, 0.05) is 12.2 Å². The van der Waals surface area contributed by atoms with Gasteiger partial charge in [0.25, 0.3) is 0 Å². The lowest BCUT2D eigenvalue weighted by molar-refractivity contribution is -0.462. The van der Waals surface area contributed by atoms with Crippen LogP contribution in [0.4, 0.5) is 149 Å². The molecule has 4 nitrogen and oxygen atoms in total. The first-order valence-corrected chi connectivity index (χ1v) is 16.6. The zero-order valence-corrected chi connectivity index (χ0v) is 32.4. The third-order valence-corrected chi connectivity index (χ3v) is 8.87. The quantitative estimate of drug-likeness (QED) is 0.0616. The molecule has 0 aliphatic carbocycles. The number of halogens is 34. The van der Waals surface area contributed by atoms with E-state index >= 15 is 0 Å². The van der Waals surface area contributed by atoms with E-state index in [4.69, 9.17) is 0 Å². The molecule has 0 fully saturated rings. The predicted octanol–water partition coefficient (Wildman–Crippen LogP) is 13.5. The second-order valence-electron chi connectivity index (χ2n) is 14.5. The van der Waals surface area contributed by atoms with Crippen LogP contribution in [-0.4, -0.2) is 119 Å². The van der Waals surface area contributed by atoms with Crippen LogP contribution in [0.5, 0.6) is 0 Å². The number of alkyl halides is 34. The Morgan fingerprint density at radius 1 is 0.309 bits per heavy atom. The molecule has 2 atom stereocenters. The summed E-state index contributed by atoms with van der Waals surface area (Å²) in [6, 6.07) is 0. The molecule has 0 rings (SSSR count). The molecule has 0 bridgehead atoms. The summed E-state index contributed by atoms with van der Waals surface area (Å²) in [5, 5.41) is 0. The molecule has 0 aliphatic heterocycles. The second kappa shape index (κ2) is 18.2. The van der Waals surface area contributed by atoms with Gasteiger partial charge in [0.15, 0.2) is 0 Å². The van der Waals surface area contributed by atoms with Crippen LogP contribution in [0.15, 0.2) is 12.2 Å². The molecule has 0 N–H and O–H groups in total. The minimum absolute atomic E-state index is 0.415. The third-order valence-electron chi connectivity index (χ3n) is 8.87. The van der Waals surface area contributed by atoms with Gasteiger partial charge in [-0.25, -0.2) is 9.59 Å². The summed E-state index contributed by atoms with van der Waals surface area (Å²) in [5.41, 5.74) is 0. The van der Waals surface area contributed by atoms with Crippen molar-refractivity contribution in [1.29, 1.82) is 0 Å². The lowest BCUT2D eigenvalue weighted by Crippen LogP contribution is -2.74. The van der Waals surface area contributed by atoms with E-state index in [1.807, 2.05) is 0 Å². The van der Waals surface area contributed by atoms with Crippen molar-refractivity contribution in [3.63, 3.8) is 0 Å². The van der Waals surface area contributed by atoms with E-state index in [1.165, 1.54) is 0 Å². The standard InChI is InChI=1S/C30H22F34O4/c1-9(2)11(7-15(31,32)17(35,36)19(39,40)21(43,44)23(47,48)25(51,52)27(55,56)29(59,60)61)67-13(65)5-6-14(66)68-12(10(3)4)8-16(33,34)18(37,38)20(41,42)22(45,46)24(49,50)26(53,54)28(57,58)30(62,63)64/h5-6,9-12H,7-8H2,1-4H3/b6-5+. The number of hydrogen-bond donors (Lipinski definition) is 0. The average Bonchev–Trinajstić information content (AvgIpc) is 3.11. The van der Waals surface area contributed by atoms with Crippen molar-refractivity contribution in [2.24, 2.45) is 11.8 Å². The van der Waals surface area contributed by atoms with Crippen LogP contribution >= 0.6 is 0 Å². The molecule has 0 aromatic heterocycles. The van der Waals surface area contributed by atoms with E-state index in [2.05, 4.69) is 9.47 Å². The first kappa shape index (κ1) is 64.3. The molecule has 0 saturated heterocycles. The van der Waals surface area contributed by atoms with Gasteiger partial charge in [0.2, 0.25) is 0 Å². The molecule has 404 valence electrons. The van der Waals surface area contributed by atoms with Gasteiger partial charge in [-0.15, -0.1) is 0 Å². The lowest BCUT2D eigenvalue weighted by Gasteiger charge is -2.43. The Bertz CT molecular complexity index is 1680. The number of carbonyl (C=O) groups excluding carboxylic acids is 2. The topological polar surface area (TPSA) is 52.6 Å². The van der Waals surface area contributed by atoms with Crippen LogP contribution in [-0.2, 0) is 19.1 Å². The molecule has 0 aromatic rings. The summed E-state index contributed by atoms with van der Waals surface area (Å²) in [5.74, 6) is -128. The van der Waals surface area contributed by atoms with Gasteiger partial charge in [-0.2, -0.15) is 149 Å². The highest BCUT2D eigenvalue weighted by atomic mass is 19.4. The summed E-state index contributed by atoms with van der Waals surface area (Å²) in [6.07, 6.45) is -30.7. The number of esters is 2. The van der Waals surface area contributed by atoms with Gasteiger partial charge in [-0.3, -0.25) is 0 Å². The summed E-state index contributed by atoms with van der Waals surface area (Å²) in [7, 11) is 0. The van der Waals surface area contributed by atoms with Crippen molar-refractivity contribution < 1.29 is 168 Å². The molecule has 38 heteroatoms. The van der Waals surface area contributed by atoms with E-state index < -0.39 is 156 Å². The molecular weight excluding hydrogens is 1070 g/mol. The summed E-state index contributed by atoms with van der Waals surface area (Å²) >= 11 is 0. The second-order valence-corrected chi connectivity index (χ2v) is 14.5. The highest BCUT2D eigenvalue weighted by Gasteiger charge is 2.97. The van der Waals surface area contributed by atoms with E-state index in [1.54, 1.807) is 0 Å². The van der Waals surface area contributed by atoms with Crippen LogP contribution in [0.2, 0.25) is 0 Å². The number of ether oxygens (including phenoxy) is 2. The Morgan fingerprint density at radius 3 is 0.632 bits per heavy atom. The number of rotatable bonds is 22. The van der Waals surface area contributed by atoms with E-state index in [-0.39, 0.29) is 0 Å². The fourth-order valence-corrected chi connectivity index (χ4v) is 4.49. The van der Waals surface area contributed by atoms with Gasteiger partial charge in [-0.05, 0) is 11.8 Å². The van der Waals surface area contributed by atoms with E-state index in [0.717, 1.165) is 0 Å². The monoisotopic (exact) mass is 1090 g/mol. The molecule has 2 unspecified atom stereocenters. The molecule has 0 radical (unpaired) electrons. The van der Waals surface area contributed by atoms with Crippen molar-refractivity contribution in [2.45, 2.75) is 148 Å². The normalized spacial score (nSPS) is 17.0. The Kier molecular flexibility index (Phi) is 17.2. The SMILES string of the molecule is CC(C)C(CC(F)(F)C(F)(F)C(F)(F)C(F)(F)C(F)(F)C(F)(F)C(F)(F)C(F)(F)F)OC(=O)/C=C/C(=O)OC(CC(F)(F)C(F)(F)C(F)(F)C(F)(F)C(F)(F)C(F)(F)C(F)(F)C(F)(F)F)C(C)C. The third kappa shape index (κ3) is 9.96. The summed E-state index contributed by atoms with van der Waals surface area (Å²) < 4.78 is 470. The Hall–Kier alpha value is -3.70. The molecule has 0 amide bonds. The molecular formula is C30H22F34O4. The van der Waals surface area contributed by atoms with Crippen LogP contribution < -0.4 is 0 Å². The first-order chi connectivity index (χ1) is 29.1. The summed E-state index contributed by atoms with van der Waals surface area (Å²) in [4.78, 5) is 24.1. The Labute approximate surface area is 353 Å². The van der Waals surface area contributed by atoms with Crippen molar-refractivity contribution in [1.82, 2.24) is 0 Å². The van der Waals surface area contributed by atoms with Gasteiger partial charge >= 0.3 is 107 Å². The Balaban J connectivity index is 6.66. The number of carbonyl (C=O) groups is 2. The van der Waals surface area contributed by atoms with Crippen molar-refractivity contribution in [2.75, 3.05) is 0 Å².